The van der Waals surface area contributed by atoms with Crippen LogP contribution in [0.4, 0.5) is 5.69 Å². The first-order valence-corrected chi connectivity index (χ1v) is 9.11. The molecule has 0 unspecified atom stereocenters. The smallest absolute Gasteiger partial charge is 0.263 e. The third kappa shape index (κ3) is 2.97. The van der Waals surface area contributed by atoms with E-state index in [1.165, 1.54) is 22.3 Å². The molecule has 2 aromatic heterocycles. The van der Waals surface area contributed by atoms with Crippen LogP contribution in [0.25, 0.3) is 5.69 Å². The van der Waals surface area contributed by atoms with Crippen molar-refractivity contribution in [2.75, 3.05) is 4.72 Å². The van der Waals surface area contributed by atoms with E-state index in [1.807, 2.05) is 19.9 Å². The van der Waals surface area contributed by atoms with E-state index in [1.54, 1.807) is 25.1 Å². The summed E-state index contributed by atoms with van der Waals surface area (Å²) >= 11 is 1.46. The Morgan fingerprint density at radius 3 is 2.61 bits per heavy atom. The number of tetrazole rings is 1. The quantitative estimate of drug-likeness (QED) is 0.781. The molecule has 0 aliphatic rings. The molecule has 1 aromatic carbocycles. The molecular formula is C14H15N5O2S2. The molecule has 3 rings (SSSR count). The lowest BCUT2D eigenvalue weighted by Crippen LogP contribution is -2.14. The molecule has 120 valence electrons. The molecule has 0 bridgehead atoms. The summed E-state index contributed by atoms with van der Waals surface area (Å²) in [7, 11) is -3.63. The number of sulfonamides is 1. The van der Waals surface area contributed by atoms with Crippen molar-refractivity contribution in [3.05, 3.63) is 45.9 Å². The fourth-order valence-corrected chi connectivity index (χ4v) is 5.01. The maximum atomic E-state index is 12.6. The summed E-state index contributed by atoms with van der Waals surface area (Å²) in [6.45, 7) is 5.51. The molecule has 23 heavy (non-hydrogen) atoms. The molecule has 0 atom stereocenters. The van der Waals surface area contributed by atoms with Gasteiger partial charge in [0.05, 0.1) is 11.4 Å². The molecule has 0 spiro atoms. The number of thiophene rings is 1. The van der Waals surface area contributed by atoms with Gasteiger partial charge in [-0.3, -0.25) is 4.72 Å². The van der Waals surface area contributed by atoms with Crippen LogP contribution < -0.4 is 4.72 Å². The average molecular weight is 349 g/mol. The average Bonchev–Trinajstić information content (AvgIpc) is 3.11. The largest absolute Gasteiger partial charge is 0.279 e. The Kier molecular flexibility index (Phi) is 3.90. The third-order valence-corrected chi connectivity index (χ3v) is 6.02. The number of anilines is 1. The van der Waals surface area contributed by atoms with Crippen molar-refractivity contribution in [3.63, 3.8) is 0 Å². The molecule has 1 N–H and O–H groups in total. The fourth-order valence-electron chi connectivity index (χ4n) is 2.33. The predicted molar refractivity (Wildman–Crippen MR) is 88.5 cm³/mol. The van der Waals surface area contributed by atoms with E-state index in [-0.39, 0.29) is 0 Å². The van der Waals surface area contributed by atoms with Crippen LogP contribution in [0.1, 0.15) is 15.3 Å². The summed E-state index contributed by atoms with van der Waals surface area (Å²) < 4.78 is 29.4. The van der Waals surface area contributed by atoms with Gasteiger partial charge in [0.1, 0.15) is 11.2 Å². The fraction of sp³-hybridized carbons (Fsp3) is 0.214. The molecule has 2 heterocycles. The van der Waals surface area contributed by atoms with Gasteiger partial charge in [-0.05, 0) is 55.0 Å². The first-order valence-electron chi connectivity index (χ1n) is 6.81. The van der Waals surface area contributed by atoms with Gasteiger partial charge < -0.3 is 0 Å². The summed E-state index contributed by atoms with van der Waals surface area (Å²) in [5, 5.41) is 11.0. The number of rotatable bonds is 4. The highest BCUT2D eigenvalue weighted by atomic mass is 32.2. The molecule has 0 radical (unpaired) electrons. The Morgan fingerprint density at radius 2 is 2.00 bits per heavy atom. The van der Waals surface area contributed by atoms with Gasteiger partial charge in [-0.15, -0.1) is 16.4 Å². The van der Waals surface area contributed by atoms with Crippen molar-refractivity contribution >= 4 is 27.0 Å². The van der Waals surface area contributed by atoms with Crippen molar-refractivity contribution < 1.29 is 8.42 Å². The van der Waals surface area contributed by atoms with Crippen LogP contribution in [0.3, 0.4) is 0 Å². The van der Waals surface area contributed by atoms with Gasteiger partial charge in [0, 0.05) is 9.75 Å². The van der Waals surface area contributed by atoms with Crippen molar-refractivity contribution in [1.29, 1.82) is 0 Å². The Morgan fingerprint density at radius 1 is 1.22 bits per heavy atom. The predicted octanol–water partition coefficient (Wildman–Crippen LogP) is 2.45. The summed E-state index contributed by atoms with van der Waals surface area (Å²) in [4.78, 5) is 2.04. The number of nitrogens with zero attached hydrogens (tertiary/aromatic N) is 4. The Hall–Kier alpha value is -2.26. The lowest BCUT2D eigenvalue weighted by molar-refractivity contribution is 0.601. The summed E-state index contributed by atoms with van der Waals surface area (Å²) in [6.07, 6.45) is 1.47. The SMILES string of the molecule is Cc1cc(S(=O)(=O)Nc2cccc(-n3cnnn3)c2C)c(C)s1. The van der Waals surface area contributed by atoms with E-state index in [0.717, 1.165) is 15.3 Å². The number of aryl methyl sites for hydroxylation is 2. The van der Waals surface area contributed by atoms with E-state index < -0.39 is 10.0 Å². The zero-order valence-electron chi connectivity index (χ0n) is 12.8. The molecule has 0 amide bonds. The lowest BCUT2D eigenvalue weighted by Gasteiger charge is -2.13. The van der Waals surface area contributed by atoms with Crippen molar-refractivity contribution in [3.8, 4) is 5.69 Å². The van der Waals surface area contributed by atoms with Crippen LogP contribution in [-0.4, -0.2) is 28.6 Å². The van der Waals surface area contributed by atoms with Gasteiger partial charge in [0.2, 0.25) is 0 Å². The molecule has 0 aliphatic carbocycles. The highest BCUT2D eigenvalue weighted by molar-refractivity contribution is 7.93. The molecule has 0 aliphatic heterocycles. The zero-order chi connectivity index (χ0) is 16.6. The minimum atomic E-state index is -3.63. The molecule has 3 aromatic rings. The van der Waals surface area contributed by atoms with E-state index in [9.17, 15) is 8.42 Å². The van der Waals surface area contributed by atoms with Crippen LogP contribution in [0.5, 0.6) is 0 Å². The number of hydrogen-bond acceptors (Lipinski definition) is 6. The first kappa shape index (κ1) is 15.6. The molecule has 0 saturated heterocycles. The number of aromatic nitrogens is 4. The van der Waals surface area contributed by atoms with Crippen molar-refractivity contribution in [1.82, 2.24) is 20.2 Å². The lowest BCUT2D eigenvalue weighted by atomic mass is 10.1. The van der Waals surface area contributed by atoms with E-state index in [2.05, 4.69) is 20.2 Å². The minimum absolute atomic E-state index is 0.312. The van der Waals surface area contributed by atoms with Crippen LogP contribution in [0.2, 0.25) is 0 Å². The van der Waals surface area contributed by atoms with Crippen molar-refractivity contribution in [2.45, 2.75) is 25.7 Å². The Balaban J connectivity index is 2.01. The normalized spacial score (nSPS) is 11.6. The van der Waals surface area contributed by atoms with E-state index >= 15 is 0 Å². The second-order valence-corrected chi connectivity index (χ2v) is 8.20. The summed E-state index contributed by atoms with van der Waals surface area (Å²) in [5.41, 5.74) is 1.96. The number of nitrogens with one attached hydrogen (secondary N) is 1. The summed E-state index contributed by atoms with van der Waals surface area (Å²) in [6, 6.07) is 6.98. The van der Waals surface area contributed by atoms with Crippen LogP contribution in [0.15, 0.2) is 35.5 Å². The van der Waals surface area contributed by atoms with Gasteiger partial charge in [-0.1, -0.05) is 6.07 Å². The monoisotopic (exact) mass is 349 g/mol. The minimum Gasteiger partial charge on any atom is -0.279 e. The molecular weight excluding hydrogens is 334 g/mol. The van der Waals surface area contributed by atoms with Gasteiger partial charge in [-0.2, -0.15) is 0 Å². The van der Waals surface area contributed by atoms with Crippen LogP contribution >= 0.6 is 11.3 Å². The maximum absolute atomic E-state index is 12.6. The Labute approximate surface area is 138 Å². The molecule has 9 heteroatoms. The van der Waals surface area contributed by atoms with Gasteiger partial charge in [0.25, 0.3) is 10.0 Å². The topological polar surface area (TPSA) is 89.8 Å². The van der Waals surface area contributed by atoms with E-state index in [4.69, 9.17) is 0 Å². The maximum Gasteiger partial charge on any atom is 0.263 e. The number of hydrogen-bond donors (Lipinski definition) is 1. The summed E-state index contributed by atoms with van der Waals surface area (Å²) in [5.74, 6) is 0. The number of benzene rings is 1. The third-order valence-electron chi connectivity index (χ3n) is 3.43. The molecule has 0 fully saturated rings. The first-order chi connectivity index (χ1) is 10.9. The van der Waals surface area contributed by atoms with Gasteiger partial charge in [-0.25, -0.2) is 13.1 Å². The highest BCUT2D eigenvalue weighted by Gasteiger charge is 2.20. The highest BCUT2D eigenvalue weighted by Crippen LogP contribution is 2.29. The Bertz CT molecular complexity index is 946. The molecule has 7 nitrogen and oxygen atoms in total. The second-order valence-electron chi connectivity index (χ2n) is 5.09. The molecule has 0 saturated carbocycles. The van der Waals surface area contributed by atoms with Gasteiger partial charge in [0.15, 0.2) is 0 Å². The van der Waals surface area contributed by atoms with Crippen LogP contribution in [-0.2, 0) is 10.0 Å². The second kappa shape index (κ2) is 5.74. The standard InChI is InChI=1S/C14H15N5O2S2/c1-9-7-14(11(3)22-9)23(20,21)16-12-5-4-6-13(10(12)2)19-8-15-17-18-19/h4-8,16H,1-3H3. The van der Waals surface area contributed by atoms with Gasteiger partial charge >= 0.3 is 0 Å². The van der Waals surface area contributed by atoms with Crippen LogP contribution in [0, 0.1) is 20.8 Å². The van der Waals surface area contributed by atoms with E-state index in [0.29, 0.717) is 16.3 Å². The van der Waals surface area contributed by atoms with Crippen molar-refractivity contribution in [2.24, 2.45) is 0 Å². The zero-order valence-corrected chi connectivity index (χ0v) is 14.4.